The highest BCUT2D eigenvalue weighted by atomic mass is 32.1. The maximum Gasteiger partial charge on any atom is 0.189 e. The van der Waals surface area contributed by atoms with Gasteiger partial charge in [0, 0.05) is 50.5 Å². The number of aromatic nitrogens is 3. The maximum atomic E-state index is 5.44. The smallest absolute Gasteiger partial charge is 0.189 e. The fraction of sp³-hybridized carbons (Fsp3) is 0.227. The Labute approximate surface area is 174 Å². The Hall–Kier alpha value is -3.03. The molecule has 0 saturated carbocycles. The molecular formula is C22H23N5OS. The molecule has 7 heteroatoms. The van der Waals surface area contributed by atoms with E-state index in [0.717, 1.165) is 51.1 Å². The number of thiazole rings is 1. The third-order valence-corrected chi connectivity index (χ3v) is 5.53. The first-order valence-corrected chi connectivity index (χ1v) is 10.4. The highest BCUT2D eigenvalue weighted by Crippen LogP contribution is 2.32. The number of hydrogen-bond donors (Lipinski definition) is 1. The first-order valence-electron chi connectivity index (χ1n) is 9.56. The Morgan fingerprint density at radius 3 is 2.72 bits per heavy atom. The van der Waals surface area contributed by atoms with Gasteiger partial charge < -0.3 is 15.0 Å². The SMILES string of the molecule is CCOCCN(C)c1ccnc(Nc2nc3ccc(-c4ccncc4)cc3s2)c1. The summed E-state index contributed by atoms with van der Waals surface area (Å²) < 4.78 is 6.57. The number of likely N-dealkylation sites (N-methyl/N-ethyl adjacent to an activating group) is 1. The van der Waals surface area contributed by atoms with Gasteiger partial charge in [-0.15, -0.1) is 0 Å². The monoisotopic (exact) mass is 405 g/mol. The van der Waals surface area contributed by atoms with Gasteiger partial charge in [0.1, 0.15) is 5.82 Å². The first kappa shape index (κ1) is 19.3. The molecule has 0 amide bonds. The number of ether oxygens (including phenoxy) is 1. The topological polar surface area (TPSA) is 63.2 Å². The summed E-state index contributed by atoms with van der Waals surface area (Å²) in [4.78, 5) is 15.4. The van der Waals surface area contributed by atoms with Crippen LogP contribution in [0.5, 0.6) is 0 Å². The second-order valence-electron chi connectivity index (χ2n) is 6.58. The van der Waals surface area contributed by atoms with Crippen LogP contribution in [0.15, 0.2) is 61.1 Å². The Morgan fingerprint density at radius 2 is 1.90 bits per heavy atom. The van der Waals surface area contributed by atoms with E-state index in [0.29, 0.717) is 6.61 Å². The van der Waals surface area contributed by atoms with Crippen LogP contribution in [0.1, 0.15) is 6.92 Å². The van der Waals surface area contributed by atoms with Gasteiger partial charge in [-0.1, -0.05) is 17.4 Å². The van der Waals surface area contributed by atoms with E-state index >= 15 is 0 Å². The van der Waals surface area contributed by atoms with Gasteiger partial charge in [-0.2, -0.15) is 0 Å². The molecule has 0 aliphatic carbocycles. The molecule has 0 fully saturated rings. The zero-order chi connectivity index (χ0) is 20.1. The molecular weight excluding hydrogens is 382 g/mol. The van der Waals surface area contributed by atoms with Crippen LogP contribution >= 0.6 is 11.3 Å². The molecule has 0 unspecified atom stereocenters. The lowest BCUT2D eigenvalue weighted by molar-refractivity contribution is 0.154. The minimum atomic E-state index is 0.704. The van der Waals surface area contributed by atoms with Crippen molar-refractivity contribution in [1.82, 2.24) is 15.0 Å². The molecule has 4 rings (SSSR count). The van der Waals surface area contributed by atoms with Crippen molar-refractivity contribution in [2.75, 3.05) is 37.0 Å². The zero-order valence-corrected chi connectivity index (χ0v) is 17.3. The van der Waals surface area contributed by atoms with E-state index in [4.69, 9.17) is 9.72 Å². The van der Waals surface area contributed by atoms with Crippen molar-refractivity contribution in [2.24, 2.45) is 0 Å². The fourth-order valence-corrected chi connectivity index (χ4v) is 3.92. The predicted molar refractivity (Wildman–Crippen MR) is 120 cm³/mol. The summed E-state index contributed by atoms with van der Waals surface area (Å²) >= 11 is 1.62. The standard InChI is InChI=1S/C22H23N5OS/c1-3-28-13-12-27(2)18-8-11-24-21(15-18)26-22-25-19-5-4-17(14-20(19)29-22)16-6-9-23-10-7-16/h4-11,14-15H,3,12-13H2,1-2H3,(H,24,25,26). The van der Waals surface area contributed by atoms with E-state index in [-0.39, 0.29) is 0 Å². The Morgan fingerprint density at radius 1 is 1.03 bits per heavy atom. The van der Waals surface area contributed by atoms with E-state index in [2.05, 4.69) is 45.4 Å². The summed E-state index contributed by atoms with van der Waals surface area (Å²) in [5, 5.41) is 4.17. The number of benzene rings is 1. The molecule has 0 aliphatic rings. The minimum absolute atomic E-state index is 0.704. The molecule has 0 bridgehead atoms. The van der Waals surface area contributed by atoms with Gasteiger partial charge in [0.2, 0.25) is 0 Å². The van der Waals surface area contributed by atoms with Gasteiger partial charge in [0.25, 0.3) is 0 Å². The van der Waals surface area contributed by atoms with Crippen LogP contribution in [0.2, 0.25) is 0 Å². The second-order valence-corrected chi connectivity index (χ2v) is 7.61. The molecule has 4 aromatic rings. The van der Waals surface area contributed by atoms with Crippen LogP contribution in [0, 0.1) is 0 Å². The van der Waals surface area contributed by atoms with Crippen LogP contribution in [0.3, 0.4) is 0 Å². The van der Waals surface area contributed by atoms with Crippen molar-refractivity contribution in [3.63, 3.8) is 0 Å². The summed E-state index contributed by atoms with van der Waals surface area (Å²) in [5.41, 5.74) is 4.36. The van der Waals surface area contributed by atoms with Crippen molar-refractivity contribution in [3.05, 3.63) is 61.1 Å². The second kappa shape index (κ2) is 8.98. The van der Waals surface area contributed by atoms with Gasteiger partial charge in [0.15, 0.2) is 5.13 Å². The maximum absolute atomic E-state index is 5.44. The van der Waals surface area contributed by atoms with Crippen molar-refractivity contribution in [3.8, 4) is 11.1 Å². The van der Waals surface area contributed by atoms with Gasteiger partial charge in [-0.25, -0.2) is 9.97 Å². The molecule has 29 heavy (non-hydrogen) atoms. The summed E-state index contributed by atoms with van der Waals surface area (Å²) in [6.45, 7) is 4.27. The largest absolute Gasteiger partial charge is 0.380 e. The molecule has 0 radical (unpaired) electrons. The molecule has 6 nitrogen and oxygen atoms in total. The average Bonchev–Trinajstić information content (AvgIpc) is 3.16. The normalized spacial score (nSPS) is 11.0. The van der Waals surface area contributed by atoms with Crippen molar-refractivity contribution >= 4 is 38.2 Å². The van der Waals surface area contributed by atoms with E-state index < -0.39 is 0 Å². The van der Waals surface area contributed by atoms with Crippen LogP contribution in [-0.4, -0.2) is 41.8 Å². The number of pyridine rings is 2. The van der Waals surface area contributed by atoms with Crippen molar-refractivity contribution in [2.45, 2.75) is 6.92 Å². The Bertz CT molecular complexity index is 1080. The quantitative estimate of drug-likeness (QED) is 0.418. The molecule has 0 aliphatic heterocycles. The van der Waals surface area contributed by atoms with E-state index in [1.165, 1.54) is 0 Å². The molecule has 1 aromatic carbocycles. The first-order chi connectivity index (χ1) is 14.2. The number of rotatable bonds is 8. The number of nitrogens with zero attached hydrogens (tertiary/aromatic N) is 4. The van der Waals surface area contributed by atoms with Gasteiger partial charge in [-0.05, 0) is 48.4 Å². The van der Waals surface area contributed by atoms with Gasteiger partial charge >= 0.3 is 0 Å². The Balaban J connectivity index is 1.51. The van der Waals surface area contributed by atoms with E-state index in [1.54, 1.807) is 11.3 Å². The molecule has 0 atom stereocenters. The van der Waals surface area contributed by atoms with Gasteiger partial charge in [-0.3, -0.25) is 4.98 Å². The fourth-order valence-electron chi connectivity index (χ4n) is 3.01. The summed E-state index contributed by atoms with van der Waals surface area (Å²) in [7, 11) is 2.05. The molecule has 0 saturated heterocycles. The van der Waals surface area contributed by atoms with E-state index in [9.17, 15) is 0 Å². The predicted octanol–water partition coefficient (Wildman–Crippen LogP) is 4.97. The molecule has 3 heterocycles. The molecule has 148 valence electrons. The zero-order valence-electron chi connectivity index (χ0n) is 16.5. The lowest BCUT2D eigenvalue weighted by Crippen LogP contribution is -2.22. The average molecular weight is 406 g/mol. The third-order valence-electron chi connectivity index (χ3n) is 4.60. The van der Waals surface area contributed by atoms with Gasteiger partial charge in [0.05, 0.1) is 16.8 Å². The number of fused-ring (bicyclic) bond motifs is 1. The van der Waals surface area contributed by atoms with Crippen LogP contribution in [0.25, 0.3) is 21.3 Å². The lowest BCUT2D eigenvalue weighted by Gasteiger charge is -2.19. The Kier molecular flexibility index (Phi) is 5.97. The lowest BCUT2D eigenvalue weighted by atomic mass is 10.1. The molecule has 0 spiro atoms. The van der Waals surface area contributed by atoms with Crippen molar-refractivity contribution in [1.29, 1.82) is 0 Å². The highest BCUT2D eigenvalue weighted by molar-refractivity contribution is 7.22. The summed E-state index contributed by atoms with van der Waals surface area (Å²) in [6.07, 6.45) is 5.43. The highest BCUT2D eigenvalue weighted by Gasteiger charge is 2.08. The van der Waals surface area contributed by atoms with Crippen LogP contribution in [-0.2, 0) is 4.74 Å². The summed E-state index contributed by atoms with van der Waals surface area (Å²) in [5.74, 6) is 0.777. The minimum Gasteiger partial charge on any atom is -0.380 e. The summed E-state index contributed by atoms with van der Waals surface area (Å²) in [6, 6.07) is 14.4. The third kappa shape index (κ3) is 4.70. The van der Waals surface area contributed by atoms with Crippen LogP contribution < -0.4 is 10.2 Å². The van der Waals surface area contributed by atoms with Crippen LogP contribution in [0.4, 0.5) is 16.6 Å². The van der Waals surface area contributed by atoms with Crippen molar-refractivity contribution < 1.29 is 4.74 Å². The number of nitrogens with one attached hydrogen (secondary N) is 1. The molecule has 3 aromatic heterocycles. The number of hydrogen-bond acceptors (Lipinski definition) is 7. The number of anilines is 3. The van der Waals surface area contributed by atoms with E-state index in [1.807, 2.05) is 49.8 Å². The molecule has 1 N–H and O–H groups in total.